The molecule has 0 amide bonds. The van der Waals surface area contributed by atoms with Crippen LogP contribution >= 0.6 is 0 Å². The summed E-state index contributed by atoms with van der Waals surface area (Å²) in [5.74, 6) is 3.55. The van der Waals surface area contributed by atoms with Crippen molar-refractivity contribution >= 4 is 22.7 Å². The van der Waals surface area contributed by atoms with Crippen LogP contribution in [-0.4, -0.2) is 30.9 Å². The fraction of sp³-hybridized carbons (Fsp3) is 0.308. The number of fused-ring (bicyclic) bond motifs is 2. The molecule has 0 saturated heterocycles. The van der Waals surface area contributed by atoms with Crippen molar-refractivity contribution in [1.82, 2.24) is 29.6 Å². The summed E-state index contributed by atoms with van der Waals surface area (Å²) in [7, 11) is 0. The largest absolute Gasteiger partial charge is 0.324 e. The van der Waals surface area contributed by atoms with Crippen molar-refractivity contribution in [2.75, 3.05) is 11.9 Å². The van der Waals surface area contributed by atoms with Crippen molar-refractivity contribution in [2.45, 2.75) is 45.7 Å². The number of aromatic nitrogens is 5. The van der Waals surface area contributed by atoms with Gasteiger partial charge in [-0.2, -0.15) is 4.98 Å². The summed E-state index contributed by atoms with van der Waals surface area (Å²) in [6.07, 6.45) is 8.16. The van der Waals surface area contributed by atoms with Crippen LogP contribution in [0, 0.1) is 12.3 Å². The van der Waals surface area contributed by atoms with Gasteiger partial charge in [-0.3, -0.25) is 4.79 Å². The lowest BCUT2D eigenvalue weighted by molar-refractivity contribution is 0.556. The SMILES string of the molecule is C#CCn1c(=O)c2cnc(Nc3ccc4c(c3)CNCC4)nc2n1-c1cccc(C(C)(C)C)n1. The van der Waals surface area contributed by atoms with Gasteiger partial charge in [0.15, 0.2) is 11.5 Å². The van der Waals surface area contributed by atoms with E-state index in [2.05, 4.69) is 54.4 Å². The molecule has 1 aromatic carbocycles. The molecule has 2 N–H and O–H groups in total. The van der Waals surface area contributed by atoms with Gasteiger partial charge in [0, 0.05) is 29.5 Å². The van der Waals surface area contributed by atoms with E-state index in [1.165, 1.54) is 15.8 Å². The lowest BCUT2D eigenvalue weighted by Gasteiger charge is -2.19. The molecule has 0 radical (unpaired) electrons. The van der Waals surface area contributed by atoms with Gasteiger partial charge in [0.2, 0.25) is 5.95 Å². The predicted octanol–water partition coefficient (Wildman–Crippen LogP) is 3.30. The standard InChI is InChI=1S/C26H27N7O/c1-5-13-32-24(34)20-16-28-25(29-19-10-9-17-11-12-27-15-18(17)14-19)31-23(20)33(32)22-8-6-7-21(30-22)26(2,3)4/h1,6-10,14,16,27H,11-13,15H2,2-4H3,(H,28,29,31). The number of terminal acetylenes is 1. The molecule has 5 rings (SSSR count). The van der Waals surface area contributed by atoms with E-state index in [-0.39, 0.29) is 17.5 Å². The first-order valence-corrected chi connectivity index (χ1v) is 11.3. The molecule has 34 heavy (non-hydrogen) atoms. The number of hydrogen-bond acceptors (Lipinski definition) is 6. The Hall–Kier alpha value is -3.96. The Balaban J connectivity index is 1.62. The van der Waals surface area contributed by atoms with Crippen molar-refractivity contribution < 1.29 is 0 Å². The number of nitrogens with one attached hydrogen (secondary N) is 2. The monoisotopic (exact) mass is 453 g/mol. The molecule has 3 aromatic heterocycles. The van der Waals surface area contributed by atoms with Gasteiger partial charge in [-0.15, -0.1) is 6.42 Å². The summed E-state index contributed by atoms with van der Waals surface area (Å²) in [6, 6.07) is 12.0. The van der Waals surface area contributed by atoms with Crippen LogP contribution in [-0.2, 0) is 24.9 Å². The molecule has 0 saturated carbocycles. The minimum atomic E-state index is -0.248. The predicted molar refractivity (Wildman–Crippen MR) is 134 cm³/mol. The zero-order valence-electron chi connectivity index (χ0n) is 19.6. The van der Waals surface area contributed by atoms with Gasteiger partial charge in [-0.05, 0) is 48.4 Å². The van der Waals surface area contributed by atoms with Crippen LogP contribution in [0.15, 0.2) is 47.4 Å². The van der Waals surface area contributed by atoms with Crippen LogP contribution < -0.4 is 16.2 Å². The van der Waals surface area contributed by atoms with Crippen LogP contribution in [0.1, 0.15) is 37.6 Å². The summed E-state index contributed by atoms with van der Waals surface area (Å²) in [5, 5.41) is 7.07. The number of hydrogen-bond donors (Lipinski definition) is 2. The van der Waals surface area contributed by atoms with Crippen molar-refractivity contribution in [3.63, 3.8) is 0 Å². The average molecular weight is 454 g/mol. The van der Waals surface area contributed by atoms with Crippen LogP contribution in [0.4, 0.5) is 11.6 Å². The van der Waals surface area contributed by atoms with E-state index in [9.17, 15) is 4.79 Å². The second kappa shape index (κ2) is 8.43. The highest BCUT2D eigenvalue weighted by molar-refractivity contribution is 5.77. The van der Waals surface area contributed by atoms with Crippen LogP contribution in [0.25, 0.3) is 16.9 Å². The summed E-state index contributed by atoms with van der Waals surface area (Å²) >= 11 is 0. The summed E-state index contributed by atoms with van der Waals surface area (Å²) in [5.41, 5.74) is 4.47. The Morgan fingerprint density at radius 3 is 2.82 bits per heavy atom. The number of rotatable bonds is 4. The van der Waals surface area contributed by atoms with Crippen molar-refractivity contribution in [3.05, 3.63) is 69.8 Å². The number of anilines is 2. The Morgan fingerprint density at radius 2 is 2.03 bits per heavy atom. The quantitative estimate of drug-likeness (QED) is 0.461. The highest BCUT2D eigenvalue weighted by Gasteiger charge is 2.21. The molecule has 0 unspecified atom stereocenters. The highest BCUT2D eigenvalue weighted by Crippen LogP contribution is 2.24. The highest BCUT2D eigenvalue weighted by atomic mass is 16.1. The maximum Gasteiger partial charge on any atom is 0.279 e. The first-order chi connectivity index (χ1) is 16.3. The molecule has 1 aliphatic heterocycles. The van der Waals surface area contributed by atoms with Gasteiger partial charge in [0.05, 0.1) is 0 Å². The zero-order valence-corrected chi connectivity index (χ0v) is 19.6. The van der Waals surface area contributed by atoms with Gasteiger partial charge in [-0.25, -0.2) is 19.3 Å². The summed E-state index contributed by atoms with van der Waals surface area (Å²) in [4.78, 5) is 27.1. The maximum atomic E-state index is 13.1. The molecule has 0 bridgehead atoms. The fourth-order valence-electron chi connectivity index (χ4n) is 4.20. The van der Waals surface area contributed by atoms with E-state index >= 15 is 0 Å². The molecule has 0 spiro atoms. The lowest BCUT2D eigenvalue weighted by atomic mass is 9.92. The molecule has 4 aromatic rings. The Bertz CT molecular complexity index is 1480. The van der Waals surface area contributed by atoms with Crippen LogP contribution in [0.3, 0.4) is 0 Å². The first kappa shape index (κ1) is 21.9. The third-order valence-electron chi connectivity index (χ3n) is 5.99. The van der Waals surface area contributed by atoms with Crippen molar-refractivity contribution in [3.8, 4) is 18.2 Å². The molecule has 8 nitrogen and oxygen atoms in total. The number of pyridine rings is 1. The molecular weight excluding hydrogens is 426 g/mol. The average Bonchev–Trinajstić information content (AvgIpc) is 3.10. The van der Waals surface area contributed by atoms with E-state index in [1.807, 2.05) is 24.3 Å². The van der Waals surface area contributed by atoms with Crippen LogP contribution in [0.5, 0.6) is 0 Å². The number of benzene rings is 1. The minimum absolute atomic E-state index is 0.0944. The fourth-order valence-corrected chi connectivity index (χ4v) is 4.20. The molecule has 8 heteroatoms. The van der Waals surface area contributed by atoms with Gasteiger partial charge < -0.3 is 10.6 Å². The molecule has 0 atom stereocenters. The molecule has 0 aliphatic carbocycles. The molecule has 0 fully saturated rings. The van der Waals surface area contributed by atoms with Gasteiger partial charge in [0.1, 0.15) is 11.9 Å². The summed E-state index contributed by atoms with van der Waals surface area (Å²) in [6.45, 7) is 8.22. The third kappa shape index (κ3) is 3.95. The van der Waals surface area contributed by atoms with Crippen LogP contribution in [0.2, 0.25) is 0 Å². The van der Waals surface area contributed by atoms with E-state index in [0.717, 1.165) is 30.9 Å². The Morgan fingerprint density at radius 1 is 1.18 bits per heavy atom. The van der Waals surface area contributed by atoms with E-state index < -0.39 is 0 Å². The topological polar surface area (TPSA) is 89.7 Å². The van der Waals surface area contributed by atoms with Gasteiger partial charge in [-0.1, -0.05) is 38.8 Å². The zero-order chi connectivity index (χ0) is 23.9. The lowest BCUT2D eigenvalue weighted by Crippen LogP contribution is -2.23. The van der Waals surface area contributed by atoms with Gasteiger partial charge in [0.25, 0.3) is 5.56 Å². The first-order valence-electron chi connectivity index (χ1n) is 11.3. The molecule has 172 valence electrons. The maximum absolute atomic E-state index is 13.1. The van der Waals surface area contributed by atoms with Crippen molar-refractivity contribution in [2.24, 2.45) is 0 Å². The summed E-state index contributed by atoms with van der Waals surface area (Å²) < 4.78 is 3.17. The molecular formula is C26H27N7O. The molecule has 1 aliphatic rings. The van der Waals surface area contributed by atoms with Crippen molar-refractivity contribution in [1.29, 1.82) is 0 Å². The smallest absolute Gasteiger partial charge is 0.279 e. The Kier molecular flexibility index (Phi) is 5.42. The second-order valence-corrected chi connectivity index (χ2v) is 9.48. The Labute approximate surface area is 198 Å². The minimum Gasteiger partial charge on any atom is -0.324 e. The van der Waals surface area contributed by atoms with E-state index in [0.29, 0.717) is 22.8 Å². The number of nitrogens with zero attached hydrogens (tertiary/aromatic N) is 5. The second-order valence-electron chi connectivity index (χ2n) is 9.48. The third-order valence-corrected chi connectivity index (χ3v) is 5.99. The molecule has 4 heterocycles. The van der Waals surface area contributed by atoms with E-state index in [4.69, 9.17) is 16.4 Å². The van der Waals surface area contributed by atoms with Gasteiger partial charge >= 0.3 is 0 Å². The van der Waals surface area contributed by atoms with E-state index in [1.54, 1.807) is 10.9 Å². The normalized spacial score (nSPS) is 13.5.